The van der Waals surface area contributed by atoms with E-state index in [-0.39, 0.29) is 0 Å². The van der Waals surface area contributed by atoms with Crippen LogP contribution in [-0.4, -0.2) is 49.1 Å². The summed E-state index contributed by atoms with van der Waals surface area (Å²) in [6.07, 6.45) is 0. The fourth-order valence-electron chi connectivity index (χ4n) is 1.88. The first-order chi connectivity index (χ1) is 8.09. The Bertz CT molecular complexity index is 345. The van der Waals surface area contributed by atoms with Crippen LogP contribution in [0.3, 0.4) is 0 Å². The van der Waals surface area contributed by atoms with Crippen LogP contribution in [0.25, 0.3) is 0 Å². The van der Waals surface area contributed by atoms with Crippen molar-refractivity contribution in [2.24, 2.45) is 0 Å². The van der Waals surface area contributed by atoms with E-state index in [0.717, 1.165) is 11.7 Å². The summed E-state index contributed by atoms with van der Waals surface area (Å²) < 4.78 is 16.6. The van der Waals surface area contributed by atoms with Crippen molar-refractivity contribution in [3.05, 3.63) is 29.8 Å². The molecule has 0 aromatic heterocycles. The van der Waals surface area contributed by atoms with Crippen LogP contribution in [-0.2, 0) is 19.8 Å². The molecule has 5 heteroatoms. The predicted octanol–water partition coefficient (Wildman–Crippen LogP) is 0.833. The molecule has 0 heterocycles. The first-order valence-electron chi connectivity index (χ1n) is 5.48. The molecule has 1 aromatic rings. The standard InChI is InChI=1S/C12H21NO3Si/c1-13(2)10-11-8-6-7-9-12(11)17(14-3,15-4)16-5/h6-9H,10H2,1-5H3. The van der Waals surface area contributed by atoms with Crippen LogP contribution in [0.15, 0.2) is 24.3 Å². The second-order valence-corrected chi connectivity index (χ2v) is 6.94. The molecule has 0 aliphatic rings. The first-order valence-corrected chi connectivity index (χ1v) is 7.20. The average molecular weight is 255 g/mol. The number of hydrogen-bond donors (Lipinski definition) is 0. The summed E-state index contributed by atoms with van der Waals surface area (Å²) in [5.74, 6) is 0. The van der Waals surface area contributed by atoms with Crippen molar-refractivity contribution in [3.8, 4) is 0 Å². The molecule has 0 unspecified atom stereocenters. The first kappa shape index (κ1) is 14.3. The highest BCUT2D eigenvalue weighted by molar-refractivity contribution is 6.75. The highest BCUT2D eigenvalue weighted by atomic mass is 28.4. The zero-order valence-corrected chi connectivity index (χ0v) is 12.2. The molecular weight excluding hydrogens is 234 g/mol. The molecule has 0 fully saturated rings. The molecule has 0 amide bonds. The minimum absolute atomic E-state index is 0.834. The molecule has 1 aromatic carbocycles. The Morgan fingerprint density at radius 3 is 2.00 bits per heavy atom. The Morgan fingerprint density at radius 1 is 1.00 bits per heavy atom. The monoisotopic (exact) mass is 255 g/mol. The Labute approximate surface area is 104 Å². The molecule has 4 nitrogen and oxygen atoms in total. The predicted molar refractivity (Wildman–Crippen MR) is 70.2 cm³/mol. The van der Waals surface area contributed by atoms with Crippen LogP contribution in [0.4, 0.5) is 0 Å². The average Bonchev–Trinajstić information content (AvgIpc) is 2.33. The van der Waals surface area contributed by atoms with Gasteiger partial charge in [0.05, 0.1) is 0 Å². The fourth-order valence-corrected chi connectivity index (χ4v) is 3.89. The van der Waals surface area contributed by atoms with E-state index in [1.165, 1.54) is 5.56 Å². The summed E-state index contributed by atoms with van der Waals surface area (Å²) >= 11 is 0. The highest BCUT2D eigenvalue weighted by Crippen LogP contribution is 2.11. The zero-order valence-electron chi connectivity index (χ0n) is 11.2. The third-order valence-corrected chi connectivity index (χ3v) is 5.40. The van der Waals surface area contributed by atoms with Crippen LogP contribution in [0.5, 0.6) is 0 Å². The van der Waals surface area contributed by atoms with Gasteiger partial charge in [0.25, 0.3) is 0 Å². The normalized spacial score (nSPS) is 12.1. The fraction of sp³-hybridized carbons (Fsp3) is 0.500. The van der Waals surface area contributed by atoms with E-state index >= 15 is 0 Å². The van der Waals surface area contributed by atoms with Gasteiger partial charge in [0.2, 0.25) is 0 Å². The summed E-state index contributed by atoms with van der Waals surface area (Å²) in [7, 11) is 6.23. The summed E-state index contributed by atoms with van der Waals surface area (Å²) in [4.78, 5) is 2.11. The quantitative estimate of drug-likeness (QED) is 0.705. The number of rotatable bonds is 6. The lowest BCUT2D eigenvalue weighted by Gasteiger charge is -2.27. The topological polar surface area (TPSA) is 30.9 Å². The maximum Gasteiger partial charge on any atom is 0.536 e. The van der Waals surface area contributed by atoms with E-state index in [0.29, 0.717) is 0 Å². The minimum atomic E-state index is -2.73. The van der Waals surface area contributed by atoms with E-state index < -0.39 is 8.80 Å². The van der Waals surface area contributed by atoms with Crippen LogP contribution < -0.4 is 5.19 Å². The maximum atomic E-state index is 5.52. The van der Waals surface area contributed by atoms with E-state index in [9.17, 15) is 0 Å². The minimum Gasteiger partial charge on any atom is -0.373 e. The van der Waals surface area contributed by atoms with E-state index in [4.69, 9.17) is 13.3 Å². The summed E-state index contributed by atoms with van der Waals surface area (Å²) in [6.45, 7) is 0.834. The second kappa shape index (κ2) is 6.27. The summed E-state index contributed by atoms with van der Waals surface area (Å²) in [5, 5.41) is 1.03. The molecule has 0 aliphatic heterocycles. The van der Waals surface area contributed by atoms with Crippen molar-refractivity contribution in [3.63, 3.8) is 0 Å². The lowest BCUT2D eigenvalue weighted by Crippen LogP contribution is -2.56. The molecule has 0 spiro atoms. The van der Waals surface area contributed by atoms with Crippen LogP contribution in [0.1, 0.15) is 5.56 Å². The lowest BCUT2D eigenvalue weighted by molar-refractivity contribution is 0.140. The third-order valence-electron chi connectivity index (χ3n) is 2.64. The molecule has 0 radical (unpaired) electrons. The molecule has 17 heavy (non-hydrogen) atoms. The number of hydrogen-bond acceptors (Lipinski definition) is 4. The van der Waals surface area contributed by atoms with Gasteiger partial charge in [-0.05, 0) is 19.7 Å². The SMILES string of the molecule is CO[Si](OC)(OC)c1ccccc1CN(C)C. The maximum absolute atomic E-state index is 5.52. The Morgan fingerprint density at radius 2 is 1.53 bits per heavy atom. The molecule has 0 atom stereocenters. The van der Waals surface area contributed by atoms with Gasteiger partial charge in [-0.3, -0.25) is 0 Å². The van der Waals surface area contributed by atoms with Crippen molar-refractivity contribution in [2.45, 2.75) is 6.54 Å². The van der Waals surface area contributed by atoms with Gasteiger partial charge in [0.15, 0.2) is 0 Å². The van der Waals surface area contributed by atoms with Crippen molar-refractivity contribution >= 4 is 14.0 Å². The molecule has 96 valence electrons. The molecule has 0 saturated heterocycles. The second-order valence-electron chi connectivity index (χ2n) is 4.06. The van der Waals surface area contributed by atoms with E-state index in [1.807, 2.05) is 32.3 Å². The van der Waals surface area contributed by atoms with Gasteiger partial charge in [0.1, 0.15) is 0 Å². The zero-order chi connectivity index (χ0) is 12.9. The van der Waals surface area contributed by atoms with Gasteiger partial charge in [-0.1, -0.05) is 24.3 Å². The largest absolute Gasteiger partial charge is 0.536 e. The van der Waals surface area contributed by atoms with Gasteiger partial charge < -0.3 is 18.2 Å². The van der Waals surface area contributed by atoms with Crippen molar-refractivity contribution < 1.29 is 13.3 Å². The van der Waals surface area contributed by atoms with Crippen molar-refractivity contribution in [1.29, 1.82) is 0 Å². The van der Waals surface area contributed by atoms with Crippen LogP contribution in [0, 0.1) is 0 Å². The van der Waals surface area contributed by atoms with Crippen LogP contribution in [0.2, 0.25) is 0 Å². The third kappa shape index (κ3) is 3.14. The van der Waals surface area contributed by atoms with Gasteiger partial charge >= 0.3 is 8.80 Å². The Kier molecular flexibility index (Phi) is 5.29. The molecule has 0 bridgehead atoms. The lowest BCUT2D eigenvalue weighted by atomic mass is 10.2. The van der Waals surface area contributed by atoms with E-state index in [2.05, 4.69) is 11.0 Å². The van der Waals surface area contributed by atoms with E-state index in [1.54, 1.807) is 21.3 Å². The summed E-state index contributed by atoms with van der Waals surface area (Å²) in [5.41, 5.74) is 1.18. The van der Waals surface area contributed by atoms with Crippen molar-refractivity contribution in [1.82, 2.24) is 4.90 Å². The molecule has 0 saturated carbocycles. The molecule has 0 aliphatic carbocycles. The van der Waals surface area contributed by atoms with Gasteiger partial charge in [-0.15, -0.1) is 0 Å². The smallest absolute Gasteiger partial charge is 0.373 e. The summed E-state index contributed by atoms with van der Waals surface area (Å²) in [6, 6.07) is 8.09. The van der Waals surface area contributed by atoms with Crippen LogP contribution >= 0.6 is 0 Å². The molecular formula is C12H21NO3Si. The molecule has 1 rings (SSSR count). The van der Waals surface area contributed by atoms with Gasteiger partial charge in [-0.2, -0.15) is 0 Å². The van der Waals surface area contributed by atoms with Gasteiger partial charge in [0, 0.05) is 33.1 Å². The Hall–Kier alpha value is -0.723. The van der Waals surface area contributed by atoms with Gasteiger partial charge in [-0.25, -0.2) is 0 Å². The highest BCUT2D eigenvalue weighted by Gasteiger charge is 2.42. The number of nitrogens with zero attached hydrogens (tertiary/aromatic N) is 1. The molecule has 0 N–H and O–H groups in total. The number of benzene rings is 1. The Balaban J connectivity index is 3.18. The van der Waals surface area contributed by atoms with Crippen molar-refractivity contribution in [2.75, 3.05) is 35.4 Å².